The van der Waals surface area contributed by atoms with Gasteiger partial charge in [0.25, 0.3) is 0 Å². The van der Waals surface area contributed by atoms with Gasteiger partial charge in [0.15, 0.2) is 0 Å². The van der Waals surface area contributed by atoms with Gasteiger partial charge in [0, 0.05) is 6.92 Å². The fourth-order valence-corrected chi connectivity index (χ4v) is 4.16. The fourth-order valence-electron chi connectivity index (χ4n) is 4.16. The number of carbonyl (C=O) groups excluding carboxylic acids is 1. The molecule has 0 unspecified atom stereocenters. The zero-order chi connectivity index (χ0) is 14.7. The molecule has 0 amide bonds. The zero-order valence-corrected chi connectivity index (χ0v) is 13.2. The maximum atomic E-state index is 11.2. The van der Waals surface area contributed by atoms with E-state index in [0.29, 0.717) is 23.7 Å². The van der Waals surface area contributed by atoms with Gasteiger partial charge in [0.05, 0.1) is 6.10 Å². The van der Waals surface area contributed by atoms with Crippen LogP contribution in [0.2, 0.25) is 0 Å². The molecule has 0 saturated heterocycles. The van der Waals surface area contributed by atoms with Crippen molar-refractivity contribution in [1.82, 2.24) is 0 Å². The number of aliphatic hydroxyl groups excluding tert-OH is 1. The second-order valence-corrected chi connectivity index (χ2v) is 7.17. The second kappa shape index (κ2) is 6.93. The molecule has 2 rings (SSSR count). The molecule has 116 valence electrons. The quantitative estimate of drug-likeness (QED) is 0.802. The van der Waals surface area contributed by atoms with E-state index in [9.17, 15) is 9.90 Å². The summed E-state index contributed by atoms with van der Waals surface area (Å²) in [5, 5.41) is 10.1. The van der Waals surface area contributed by atoms with Gasteiger partial charge < -0.3 is 9.84 Å². The van der Waals surface area contributed by atoms with Crippen molar-refractivity contribution < 1.29 is 14.6 Å². The maximum Gasteiger partial charge on any atom is 0.302 e. The lowest BCUT2D eigenvalue weighted by atomic mass is 9.73. The Morgan fingerprint density at radius 2 is 2.05 bits per heavy atom. The Labute approximate surface area is 123 Å². The van der Waals surface area contributed by atoms with Crippen molar-refractivity contribution >= 4 is 5.97 Å². The molecule has 0 spiro atoms. The molecule has 3 heteroatoms. The van der Waals surface area contributed by atoms with Crippen LogP contribution in [0.4, 0.5) is 0 Å². The summed E-state index contributed by atoms with van der Waals surface area (Å²) in [6, 6.07) is 0. The van der Waals surface area contributed by atoms with Crippen molar-refractivity contribution in [2.75, 3.05) is 0 Å². The van der Waals surface area contributed by atoms with Crippen molar-refractivity contribution in [1.29, 1.82) is 0 Å². The van der Waals surface area contributed by atoms with Crippen molar-refractivity contribution in [2.45, 2.75) is 77.9 Å². The highest BCUT2D eigenvalue weighted by molar-refractivity contribution is 5.66. The first kappa shape index (κ1) is 15.8. The molecule has 0 radical (unpaired) electrons. The lowest BCUT2D eigenvalue weighted by molar-refractivity contribution is -0.148. The lowest BCUT2D eigenvalue weighted by Crippen LogP contribution is -2.32. The predicted molar refractivity (Wildman–Crippen MR) is 79.2 cm³/mol. The Morgan fingerprint density at radius 1 is 1.30 bits per heavy atom. The summed E-state index contributed by atoms with van der Waals surface area (Å²) in [4.78, 5) is 11.2. The monoisotopic (exact) mass is 282 g/mol. The summed E-state index contributed by atoms with van der Waals surface area (Å²) in [6.45, 7) is 5.98. The zero-order valence-electron chi connectivity index (χ0n) is 13.2. The third kappa shape index (κ3) is 3.97. The molecule has 2 aliphatic rings. The molecule has 6 atom stereocenters. The van der Waals surface area contributed by atoms with E-state index in [-0.39, 0.29) is 18.2 Å². The molecule has 2 aliphatic carbocycles. The van der Waals surface area contributed by atoms with Crippen molar-refractivity contribution in [3.05, 3.63) is 0 Å². The van der Waals surface area contributed by atoms with E-state index in [1.165, 1.54) is 26.2 Å². The summed E-state index contributed by atoms with van der Waals surface area (Å²) in [7, 11) is 0. The minimum Gasteiger partial charge on any atom is -0.462 e. The van der Waals surface area contributed by atoms with Gasteiger partial charge in [0.2, 0.25) is 0 Å². The van der Waals surface area contributed by atoms with Crippen LogP contribution in [-0.2, 0) is 9.53 Å². The molecular formula is C17H30O3. The van der Waals surface area contributed by atoms with Gasteiger partial charge in [-0.2, -0.15) is 0 Å². The van der Waals surface area contributed by atoms with Gasteiger partial charge in [0.1, 0.15) is 6.10 Å². The Hall–Kier alpha value is -0.570. The molecule has 0 aromatic heterocycles. The van der Waals surface area contributed by atoms with Gasteiger partial charge >= 0.3 is 5.97 Å². The summed E-state index contributed by atoms with van der Waals surface area (Å²) in [5.74, 6) is 2.11. The number of hydrogen-bond donors (Lipinski definition) is 1. The van der Waals surface area contributed by atoms with Crippen LogP contribution >= 0.6 is 0 Å². The van der Waals surface area contributed by atoms with Gasteiger partial charge in [-0.3, -0.25) is 4.79 Å². The minimum atomic E-state index is -0.142. The van der Waals surface area contributed by atoms with Crippen molar-refractivity contribution in [2.24, 2.45) is 23.7 Å². The molecule has 0 heterocycles. The van der Waals surface area contributed by atoms with Gasteiger partial charge in [-0.05, 0) is 68.6 Å². The minimum absolute atomic E-state index is 0.121. The van der Waals surface area contributed by atoms with Crippen LogP contribution in [-0.4, -0.2) is 23.3 Å². The number of ether oxygens (including phenoxy) is 1. The van der Waals surface area contributed by atoms with Gasteiger partial charge in [-0.25, -0.2) is 0 Å². The third-order valence-electron chi connectivity index (χ3n) is 5.58. The Morgan fingerprint density at radius 3 is 2.70 bits per heavy atom. The Bertz CT molecular complexity index is 328. The van der Waals surface area contributed by atoms with Crippen LogP contribution in [0.25, 0.3) is 0 Å². The number of hydrogen-bond acceptors (Lipinski definition) is 3. The average Bonchev–Trinajstić information content (AvgIpc) is 2.79. The van der Waals surface area contributed by atoms with E-state index in [2.05, 4.69) is 13.8 Å². The normalized spacial score (nSPS) is 39.5. The van der Waals surface area contributed by atoms with Gasteiger partial charge in [-0.15, -0.1) is 0 Å². The van der Waals surface area contributed by atoms with E-state index in [0.717, 1.165) is 25.7 Å². The SMILES string of the molecule is CC(=O)O[C@H]1CCC[C@H]1C[C@@H](C)[C@@H]1CC[C@@H](C)[C@H](O)C1. The molecule has 0 aliphatic heterocycles. The van der Waals surface area contributed by atoms with Crippen LogP contribution in [0.3, 0.4) is 0 Å². The number of rotatable bonds is 4. The van der Waals surface area contributed by atoms with E-state index in [1.807, 2.05) is 0 Å². The first-order valence-electron chi connectivity index (χ1n) is 8.32. The largest absolute Gasteiger partial charge is 0.462 e. The van der Waals surface area contributed by atoms with E-state index in [1.54, 1.807) is 0 Å². The average molecular weight is 282 g/mol. The van der Waals surface area contributed by atoms with Crippen LogP contribution in [0.1, 0.15) is 65.7 Å². The standard InChI is InChI=1S/C17H30O3/c1-11-7-8-14(10-16(11)19)12(2)9-15-5-4-6-17(15)20-13(3)18/h11-12,14-17,19H,4-10H2,1-3H3/t11-,12-,14-,15+,16-,17+/m1/s1. The fraction of sp³-hybridized carbons (Fsp3) is 0.941. The topological polar surface area (TPSA) is 46.5 Å². The third-order valence-corrected chi connectivity index (χ3v) is 5.58. The molecule has 2 fully saturated rings. The van der Waals surface area contributed by atoms with Crippen LogP contribution in [0, 0.1) is 23.7 Å². The van der Waals surface area contributed by atoms with Crippen molar-refractivity contribution in [3.63, 3.8) is 0 Å². The highest BCUT2D eigenvalue weighted by atomic mass is 16.5. The smallest absolute Gasteiger partial charge is 0.302 e. The summed E-state index contributed by atoms with van der Waals surface area (Å²) in [5.41, 5.74) is 0. The Kier molecular flexibility index (Phi) is 5.48. The molecule has 20 heavy (non-hydrogen) atoms. The maximum absolute atomic E-state index is 11.2. The lowest BCUT2D eigenvalue weighted by Gasteiger charge is -2.36. The molecule has 0 aromatic rings. The van der Waals surface area contributed by atoms with Crippen LogP contribution < -0.4 is 0 Å². The molecule has 0 aromatic carbocycles. The number of esters is 1. The number of aliphatic hydroxyl groups is 1. The van der Waals surface area contributed by atoms with E-state index in [4.69, 9.17) is 4.74 Å². The summed E-state index contributed by atoms with van der Waals surface area (Å²) < 4.78 is 5.46. The highest BCUT2D eigenvalue weighted by Gasteiger charge is 2.35. The van der Waals surface area contributed by atoms with E-state index >= 15 is 0 Å². The summed E-state index contributed by atoms with van der Waals surface area (Å²) >= 11 is 0. The second-order valence-electron chi connectivity index (χ2n) is 7.17. The molecule has 0 bridgehead atoms. The predicted octanol–water partition coefficient (Wildman–Crippen LogP) is 3.54. The van der Waals surface area contributed by atoms with Crippen LogP contribution in [0.5, 0.6) is 0 Å². The first-order valence-corrected chi connectivity index (χ1v) is 8.32. The molecule has 3 nitrogen and oxygen atoms in total. The molecule has 1 N–H and O–H groups in total. The Balaban J connectivity index is 1.84. The molecule has 2 saturated carbocycles. The molecular weight excluding hydrogens is 252 g/mol. The van der Waals surface area contributed by atoms with Crippen LogP contribution in [0.15, 0.2) is 0 Å². The summed E-state index contributed by atoms with van der Waals surface area (Å²) in [6.07, 6.45) is 7.90. The van der Waals surface area contributed by atoms with E-state index < -0.39 is 0 Å². The van der Waals surface area contributed by atoms with Gasteiger partial charge in [-0.1, -0.05) is 13.8 Å². The van der Waals surface area contributed by atoms with Crippen molar-refractivity contribution in [3.8, 4) is 0 Å². The first-order chi connectivity index (χ1) is 9.47. The number of carbonyl (C=O) groups is 1. The highest BCUT2D eigenvalue weighted by Crippen LogP contribution is 2.40.